The zero-order valence-corrected chi connectivity index (χ0v) is 15.0. The van der Waals surface area contributed by atoms with E-state index in [0.717, 1.165) is 18.4 Å². The molecule has 7 heteroatoms. The van der Waals surface area contributed by atoms with Crippen LogP contribution in [-0.4, -0.2) is 41.4 Å². The Balaban J connectivity index is 0.00000196. The summed E-state index contributed by atoms with van der Waals surface area (Å²) in [7, 11) is 0. The van der Waals surface area contributed by atoms with Gasteiger partial charge in [-0.3, -0.25) is 14.9 Å². The number of piperidine rings is 1. The number of urea groups is 1. The number of hydrogen-bond donors (Lipinski definition) is 2. The first-order valence-corrected chi connectivity index (χ1v) is 8.96. The van der Waals surface area contributed by atoms with Gasteiger partial charge in [0.1, 0.15) is 11.4 Å². The first-order valence-electron chi connectivity index (χ1n) is 8.96. The smallest absolute Gasteiger partial charge is 0.322 e. The van der Waals surface area contributed by atoms with Crippen molar-refractivity contribution in [2.24, 2.45) is 5.92 Å². The number of nitrogens with one attached hydrogen (secondary N) is 2. The van der Waals surface area contributed by atoms with Crippen LogP contribution >= 0.6 is 0 Å². The van der Waals surface area contributed by atoms with Crippen LogP contribution in [0.15, 0.2) is 24.3 Å². The molecule has 0 radical (unpaired) electrons. The minimum Gasteiger partial charge on any atom is -0.342 e. The summed E-state index contributed by atoms with van der Waals surface area (Å²) in [5.74, 6) is -0.680. The SMILES string of the molecule is C[C@@H](C[C@@]1(C)NC(=O)NC1=O)C(=O)N1CCC(c2ccc(F)cc2)CC1.[HH].[HH]. The van der Waals surface area contributed by atoms with Crippen LogP contribution < -0.4 is 10.6 Å². The zero-order valence-electron chi connectivity index (χ0n) is 15.0. The maximum Gasteiger partial charge on any atom is 0.322 e. The van der Waals surface area contributed by atoms with Crippen LogP contribution in [0.1, 0.15) is 47.4 Å². The molecule has 2 saturated heterocycles. The third-order valence-electron chi connectivity index (χ3n) is 5.40. The van der Waals surface area contributed by atoms with Gasteiger partial charge < -0.3 is 10.2 Å². The van der Waals surface area contributed by atoms with Crippen LogP contribution in [0.3, 0.4) is 0 Å². The molecule has 2 aliphatic rings. The summed E-state index contributed by atoms with van der Waals surface area (Å²) in [6.45, 7) is 4.70. The van der Waals surface area contributed by atoms with Gasteiger partial charge in [0.25, 0.3) is 5.91 Å². The molecule has 0 aliphatic carbocycles. The molecule has 2 N–H and O–H groups in total. The number of amides is 4. The summed E-state index contributed by atoms with van der Waals surface area (Å²) in [4.78, 5) is 37.8. The van der Waals surface area contributed by atoms with Crippen molar-refractivity contribution in [3.8, 4) is 0 Å². The van der Waals surface area contributed by atoms with E-state index in [1.165, 1.54) is 12.1 Å². The van der Waals surface area contributed by atoms with Crippen molar-refractivity contribution in [3.63, 3.8) is 0 Å². The molecule has 4 amide bonds. The number of carbonyl (C=O) groups is 3. The van der Waals surface area contributed by atoms with Crippen molar-refractivity contribution in [1.29, 1.82) is 0 Å². The van der Waals surface area contributed by atoms with E-state index in [-0.39, 0.29) is 26.9 Å². The summed E-state index contributed by atoms with van der Waals surface area (Å²) < 4.78 is 13.1. The fourth-order valence-corrected chi connectivity index (χ4v) is 3.90. The predicted octanol–water partition coefficient (Wildman–Crippen LogP) is 2.65. The lowest BCUT2D eigenvalue weighted by molar-refractivity contribution is -0.137. The molecule has 2 atom stereocenters. The molecule has 2 heterocycles. The molecule has 0 unspecified atom stereocenters. The number of carbonyl (C=O) groups excluding carboxylic acids is 3. The van der Waals surface area contributed by atoms with Crippen molar-refractivity contribution >= 4 is 17.8 Å². The fraction of sp³-hybridized carbons (Fsp3) is 0.526. The molecule has 3 rings (SSSR count). The molecule has 2 fully saturated rings. The first-order chi connectivity index (χ1) is 12.3. The third kappa shape index (κ3) is 3.71. The molecule has 144 valence electrons. The van der Waals surface area contributed by atoms with E-state index in [1.54, 1.807) is 13.8 Å². The molecular weight excluding hydrogens is 337 g/mol. The quantitative estimate of drug-likeness (QED) is 0.805. The molecule has 0 spiro atoms. The molecule has 0 aromatic heterocycles. The lowest BCUT2D eigenvalue weighted by Crippen LogP contribution is -2.48. The maximum atomic E-state index is 13.1. The average Bonchev–Trinajstić information content (AvgIpc) is 2.86. The number of likely N-dealkylation sites (tertiary alicyclic amines) is 1. The van der Waals surface area contributed by atoms with Gasteiger partial charge in [0.2, 0.25) is 5.91 Å². The minimum atomic E-state index is -1.04. The summed E-state index contributed by atoms with van der Waals surface area (Å²) in [6.07, 6.45) is 1.93. The second kappa shape index (κ2) is 7.05. The highest BCUT2D eigenvalue weighted by atomic mass is 19.1. The average molecular weight is 365 g/mol. The summed E-state index contributed by atoms with van der Waals surface area (Å²) >= 11 is 0. The second-order valence-electron chi connectivity index (χ2n) is 7.50. The van der Waals surface area contributed by atoms with Crippen LogP contribution in [-0.2, 0) is 9.59 Å². The topological polar surface area (TPSA) is 78.5 Å². The second-order valence-corrected chi connectivity index (χ2v) is 7.50. The lowest BCUT2D eigenvalue weighted by atomic mass is 9.87. The van der Waals surface area contributed by atoms with Crippen molar-refractivity contribution in [3.05, 3.63) is 35.6 Å². The number of hydrogen-bond acceptors (Lipinski definition) is 3. The largest absolute Gasteiger partial charge is 0.342 e. The highest BCUT2D eigenvalue weighted by molar-refractivity contribution is 6.07. The molecule has 2 aliphatic heterocycles. The van der Waals surface area contributed by atoms with Gasteiger partial charge >= 0.3 is 6.03 Å². The highest BCUT2D eigenvalue weighted by Gasteiger charge is 2.44. The molecule has 0 saturated carbocycles. The molecule has 6 nitrogen and oxygen atoms in total. The van der Waals surface area contributed by atoms with Gasteiger partial charge in [-0.25, -0.2) is 9.18 Å². The number of halogens is 1. The van der Waals surface area contributed by atoms with E-state index in [4.69, 9.17) is 0 Å². The Morgan fingerprint density at radius 3 is 2.46 bits per heavy atom. The monoisotopic (exact) mass is 365 g/mol. The van der Waals surface area contributed by atoms with E-state index in [1.807, 2.05) is 17.0 Å². The Hall–Kier alpha value is -2.44. The Kier molecular flexibility index (Phi) is 4.98. The Labute approximate surface area is 155 Å². The number of imide groups is 1. The van der Waals surface area contributed by atoms with Crippen molar-refractivity contribution in [2.75, 3.05) is 13.1 Å². The fourth-order valence-electron chi connectivity index (χ4n) is 3.90. The van der Waals surface area contributed by atoms with Gasteiger partial charge in [0.05, 0.1) is 0 Å². The van der Waals surface area contributed by atoms with Crippen molar-refractivity contribution in [2.45, 2.75) is 44.6 Å². The van der Waals surface area contributed by atoms with Crippen molar-refractivity contribution in [1.82, 2.24) is 15.5 Å². The zero-order chi connectivity index (χ0) is 18.9. The summed E-state index contributed by atoms with van der Waals surface area (Å²) in [5, 5.41) is 4.82. The van der Waals surface area contributed by atoms with Crippen LogP contribution in [0.4, 0.5) is 9.18 Å². The van der Waals surface area contributed by atoms with E-state index < -0.39 is 17.5 Å². The van der Waals surface area contributed by atoms with Gasteiger partial charge in [-0.2, -0.15) is 0 Å². The van der Waals surface area contributed by atoms with E-state index in [2.05, 4.69) is 10.6 Å². The van der Waals surface area contributed by atoms with Crippen LogP contribution in [0.2, 0.25) is 0 Å². The van der Waals surface area contributed by atoms with Crippen LogP contribution in [0, 0.1) is 11.7 Å². The predicted molar refractivity (Wildman–Crippen MR) is 98.0 cm³/mol. The van der Waals surface area contributed by atoms with E-state index >= 15 is 0 Å². The maximum absolute atomic E-state index is 13.1. The van der Waals surface area contributed by atoms with Gasteiger partial charge in [-0.15, -0.1) is 0 Å². The lowest BCUT2D eigenvalue weighted by Gasteiger charge is -2.35. The van der Waals surface area contributed by atoms with Crippen LogP contribution in [0.25, 0.3) is 0 Å². The highest BCUT2D eigenvalue weighted by Crippen LogP contribution is 2.30. The number of benzene rings is 1. The van der Waals surface area contributed by atoms with Crippen molar-refractivity contribution < 1.29 is 21.6 Å². The van der Waals surface area contributed by atoms with Gasteiger partial charge in [0.15, 0.2) is 0 Å². The number of nitrogens with zero attached hydrogens (tertiary/aromatic N) is 1. The summed E-state index contributed by atoms with van der Waals surface area (Å²) in [5.41, 5.74) is 0.0582. The van der Waals surface area contributed by atoms with Gasteiger partial charge in [-0.1, -0.05) is 19.1 Å². The Morgan fingerprint density at radius 1 is 1.31 bits per heavy atom. The minimum absolute atomic E-state index is 0. The standard InChI is InChI=1S/C19H24FN3O3.2H2/c1-12(11-19(2)17(25)21-18(26)22-19)16(24)23-9-7-14(8-10-23)13-3-5-15(20)6-4-13;;/h3-6,12,14H,7-11H2,1-2H3,(H2,21,22,25,26);2*1H/t12-,19+;;/m0../s1. The van der Waals surface area contributed by atoms with E-state index in [0.29, 0.717) is 19.0 Å². The molecule has 0 bridgehead atoms. The molecular formula is C19H28FN3O3. The molecule has 1 aromatic rings. The number of rotatable bonds is 4. The Morgan fingerprint density at radius 2 is 1.92 bits per heavy atom. The molecule has 1 aromatic carbocycles. The van der Waals surface area contributed by atoms with Gasteiger partial charge in [0, 0.05) is 21.9 Å². The Bertz CT molecular complexity index is 724. The normalized spacial score (nSPS) is 25.0. The molecule has 26 heavy (non-hydrogen) atoms. The van der Waals surface area contributed by atoms with Crippen LogP contribution in [0.5, 0.6) is 0 Å². The third-order valence-corrected chi connectivity index (χ3v) is 5.40. The van der Waals surface area contributed by atoms with Gasteiger partial charge in [-0.05, 0) is 49.8 Å². The van der Waals surface area contributed by atoms with E-state index in [9.17, 15) is 18.8 Å². The summed E-state index contributed by atoms with van der Waals surface area (Å²) in [6, 6.07) is 6.04. The first kappa shape index (κ1) is 18.4.